The van der Waals surface area contributed by atoms with Gasteiger partial charge in [0.1, 0.15) is 40.3 Å². The Labute approximate surface area is 380 Å². The lowest BCUT2D eigenvalue weighted by molar-refractivity contribution is -0.155. The van der Waals surface area contributed by atoms with Crippen LogP contribution in [0.2, 0.25) is 0 Å². The smallest absolute Gasteiger partial charge is 0.408 e. The third-order valence-corrected chi connectivity index (χ3v) is 10.7. The van der Waals surface area contributed by atoms with Gasteiger partial charge >= 0.3 is 18.0 Å². The predicted molar refractivity (Wildman–Crippen MR) is 243 cm³/mol. The van der Waals surface area contributed by atoms with Crippen LogP contribution in [0.4, 0.5) is 4.79 Å². The SMILES string of the molecule is CC(C)C(NC(=O)[C@H](Cc1ccc2ccccc2n1)NC(=O)[C@H](/C=C/CC(=O)OC(C)(C)C)NC(=O)OCc1ccccc1)C(=O)N[C@H](/C=C(\Cl)S(C)(=O)=O)CCC(=O)OC(C)(C)C. The molecule has 0 fully saturated rings. The summed E-state index contributed by atoms with van der Waals surface area (Å²) in [5.41, 5.74) is 0.139. The Kier molecular flexibility index (Phi) is 19.5. The van der Waals surface area contributed by atoms with Crippen LogP contribution in [0, 0.1) is 5.92 Å². The van der Waals surface area contributed by atoms with E-state index in [1.807, 2.05) is 12.1 Å². The van der Waals surface area contributed by atoms with Gasteiger partial charge in [0, 0.05) is 30.2 Å². The Balaban J connectivity index is 1.96. The van der Waals surface area contributed by atoms with E-state index in [-0.39, 0.29) is 32.3 Å². The van der Waals surface area contributed by atoms with Gasteiger partial charge in [0.05, 0.1) is 18.0 Å². The van der Waals surface area contributed by atoms with Crippen LogP contribution in [0.1, 0.15) is 85.9 Å². The van der Waals surface area contributed by atoms with E-state index in [9.17, 15) is 37.2 Å². The number of carbonyl (C=O) groups excluding carboxylic acids is 6. The highest BCUT2D eigenvalue weighted by molar-refractivity contribution is 7.96. The predicted octanol–water partition coefficient (Wildman–Crippen LogP) is 5.72. The van der Waals surface area contributed by atoms with Crippen molar-refractivity contribution in [2.75, 3.05) is 6.26 Å². The molecule has 0 bridgehead atoms. The Hall–Kier alpha value is -5.81. The molecule has 4 atom stereocenters. The fourth-order valence-corrected chi connectivity index (χ4v) is 6.45. The summed E-state index contributed by atoms with van der Waals surface area (Å²) in [5, 5.41) is 11.4. The van der Waals surface area contributed by atoms with Crippen LogP contribution in [-0.2, 0) is 61.0 Å². The van der Waals surface area contributed by atoms with E-state index in [0.717, 1.165) is 17.7 Å². The topological polar surface area (TPSA) is 225 Å². The molecule has 348 valence electrons. The summed E-state index contributed by atoms with van der Waals surface area (Å²) in [4.78, 5) is 85.3. The third kappa shape index (κ3) is 19.3. The molecule has 1 aromatic heterocycles. The van der Waals surface area contributed by atoms with Gasteiger partial charge in [0.2, 0.25) is 17.7 Å². The standard InChI is InChI=1S/C46H60ClN5O11S/c1-29(2)40(43(57)49-33(27-37(47)64(9,59)60)24-25-39(54)63-46(6,7)8)52-42(56)36(26-32-23-22-31-18-13-14-19-34(31)48-32)50-41(55)35(20-15-21-38(53)62-45(3,4)5)51-44(58)61-28-30-16-11-10-12-17-30/h10-20,22-23,27,29,33,35-36,40H,21,24-26,28H2,1-9H3,(H,49,57)(H,50,55)(H,51,58)(H,52,56)/b20-15+,37-27+/t33-,35-,36-,40?/m0/s1. The monoisotopic (exact) mass is 925 g/mol. The van der Waals surface area contributed by atoms with Gasteiger partial charge in [0.25, 0.3) is 0 Å². The number of rotatable bonds is 20. The maximum absolute atomic E-state index is 14.4. The molecule has 0 saturated heterocycles. The summed E-state index contributed by atoms with van der Waals surface area (Å²) in [6.07, 6.45) is 2.90. The van der Waals surface area contributed by atoms with Crippen LogP contribution in [0.15, 0.2) is 89.3 Å². The summed E-state index contributed by atoms with van der Waals surface area (Å²) >= 11 is 6.09. The molecule has 3 rings (SSSR count). The summed E-state index contributed by atoms with van der Waals surface area (Å²) in [7, 11) is -3.89. The highest BCUT2D eigenvalue weighted by Crippen LogP contribution is 2.17. The molecule has 0 aliphatic carbocycles. The van der Waals surface area contributed by atoms with Crippen LogP contribution < -0.4 is 21.3 Å². The first-order valence-corrected chi connectivity index (χ1v) is 23.0. The number of amides is 4. The number of benzene rings is 2. The quantitative estimate of drug-likeness (QED) is 0.0607. The molecule has 18 heteroatoms. The molecule has 0 saturated carbocycles. The molecule has 16 nitrogen and oxygen atoms in total. The number of fused-ring (bicyclic) bond motifs is 1. The van der Waals surface area contributed by atoms with E-state index < -0.39 is 91.2 Å². The van der Waals surface area contributed by atoms with Crippen molar-refractivity contribution < 1.29 is 51.4 Å². The van der Waals surface area contributed by atoms with Crippen LogP contribution in [0.3, 0.4) is 0 Å². The number of sulfone groups is 1. The highest BCUT2D eigenvalue weighted by Gasteiger charge is 2.32. The van der Waals surface area contributed by atoms with Crippen LogP contribution in [-0.4, -0.2) is 90.8 Å². The molecule has 2 aromatic carbocycles. The number of para-hydroxylation sites is 1. The van der Waals surface area contributed by atoms with Crippen molar-refractivity contribution in [3.63, 3.8) is 0 Å². The molecule has 3 aromatic rings. The lowest BCUT2D eigenvalue weighted by Crippen LogP contribution is -2.58. The van der Waals surface area contributed by atoms with Gasteiger partial charge in [0.15, 0.2) is 9.84 Å². The van der Waals surface area contributed by atoms with Crippen LogP contribution in [0.25, 0.3) is 10.9 Å². The number of nitrogens with zero attached hydrogens (tertiary/aromatic N) is 1. The third-order valence-electron chi connectivity index (χ3n) is 8.84. The zero-order valence-electron chi connectivity index (χ0n) is 37.7. The second kappa shape index (κ2) is 23.8. The first-order valence-electron chi connectivity index (χ1n) is 20.7. The number of aromatic nitrogens is 1. The van der Waals surface area contributed by atoms with Gasteiger partial charge in [-0.15, -0.1) is 0 Å². The van der Waals surface area contributed by atoms with Crippen molar-refractivity contribution in [1.29, 1.82) is 0 Å². The molecule has 4 N–H and O–H groups in total. The second-order valence-corrected chi connectivity index (χ2v) is 20.0. The summed E-state index contributed by atoms with van der Waals surface area (Å²) < 4.78 is 40.0. The molecular formula is C46H60ClN5O11S. The minimum Gasteiger partial charge on any atom is -0.460 e. The molecule has 1 heterocycles. The lowest BCUT2D eigenvalue weighted by Gasteiger charge is -2.27. The Morgan fingerprint density at radius 1 is 0.766 bits per heavy atom. The molecule has 0 radical (unpaired) electrons. The number of hydrogen-bond donors (Lipinski definition) is 4. The Morgan fingerprint density at radius 2 is 1.39 bits per heavy atom. The van der Waals surface area contributed by atoms with E-state index in [2.05, 4.69) is 26.3 Å². The summed E-state index contributed by atoms with van der Waals surface area (Å²) in [6, 6.07) is 14.4. The molecule has 1 unspecified atom stereocenters. The number of hydrogen-bond acceptors (Lipinski definition) is 12. The molecule has 0 spiro atoms. The number of nitrogens with one attached hydrogen (secondary N) is 4. The van der Waals surface area contributed by atoms with Crippen molar-refractivity contribution in [3.8, 4) is 0 Å². The molecule has 4 amide bonds. The fraction of sp³-hybridized carbons (Fsp3) is 0.457. The lowest BCUT2D eigenvalue weighted by atomic mass is 10.0. The van der Waals surface area contributed by atoms with Gasteiger partial charge in [-0.05, 0) is 77.7 Å². The zero-order valence-corrected chi connectivity index (χ0v) is 39.3. The minimum absolute atomic E-state index is 0.0961. The number of ether oxygens (including phenoxy) is 3. The summed E-state index contributed by atoms with van der Waals surface area (Å²) in [6.45, 7) is 13.4. The van der Waals surface area contributed by atoms with E-state index in [0.29, 0.717) is 16.8 Å². The normalized spacial score (nSPS) is 14.2. The average Bonchev–Trinajstić information content (AvgIpc) is 3.18. The van der Waals surface area contributed by atoms with Crippen molar-refractivity contribution in [2.45, 2.75) is 123 Å². The average molecular weight is 927 g/mol. The van der Waals surface area contributed by atoms with Crippen molar-refractivity contribution in [2.24, 2.45) is 5.92 Å². The number of alkyl carbamates (subject to hydrolysis) is 1. The fourth-order valence-electron chi connectivity index (χ4n) is 5.88. The van der Waals surface area contributed by atoms with E-state index in [1.165, 1.54) is 12.2 Å². The van der Waals surface area contributed by atoms with Crippen molar-refractivity contribution >= 4 is 68.1 Å². The second-order valence-electron chi connectivity index (χ2n) is 17.4. The van der Waals surface area contributed by atoms with Gasteiger partial charge in [-0.1, -0.05) is 92.2 Å². The first kappa shape index (κ1) is 52.5. The number of esters is 2. The molecule has 64 heavy (non-hydrogen) atoms. The number of carbonyl (C=O) groups is 6. The molecular weight excluding hydrogens is 866 g/mol. The van der Waals surface area contributed by atoms with Crippen molar-refractivity contribution in [3.05, 3.63) is 101 Å². The van der Waals surface area contributed by atoms with Crippen LogP contribution in [0.5, 0.6) is 0 Å². The number of halogens is 1. The van der Waals surface area contributed by atoms with Gasteiger partial charge in [-0.2, -0.15) is 0 Å². The van der Waals surface area contributed by atoms with Gasteiger partial charge < -0.3 is 35.5 Å². The number of pyridine rings is 1. The maximum atomic E-state index is 14.4. The zero-order chi connectivity index (χ0) is 47.8. The highest BCUT2D eigenvalue weighted by atomic mass is 35.5. The molecule has 0 aliphatic heterocycles. The van der Waals surface area contributed by atoms with Crippen molar-refractivity contribution in [1.82, 2.24) is 26.3 Å². The Morgan fingerprint density at radius 3 is 2.02 bits per heavy atom. The maximum Gasteiger partial charge on any atom is 0.408 e. The van der Waals surface area contributed by atoms with Gasteiger partial charge in [-0.3, -0.25) is 29.0 Å². The van der Waals surface area contributed by atoms with E-state index >= 15 is 0 Å². The van der Waals surface area contributed by atoms with E-state index in [1.54, 1.807) is 110 Å². The molecule has 0 aliphatic rings. The van der Waals surface area contributed by atoms with Gasteiger partial charge in [-0.25, -0.2) is 13.2 Å². The van der Waals surface area contributed by atoms with E-state index in [4.69, 9.17) is 25.8 Å². The summed E-state index contributed by atoms with van der Waals surface area (Å²) in [5.74, 6) is -4.17. The van der Waals surface area contributed by atoms with Crippen LogP contribution >= 0.6 is 11.6 Å². The Bertz CT molecular complexity index is 2290. The minimum atomic E-state index is -3.89. The largest absolute Gasteiger partial charge is 0.460 e. The first-order chi connectivity index (χ1) is 29.8.